The summed E-state index contributed by atoms with van der Waals surface area (Å²) < 4.78 is 30.3. The molecular weight excluding hydrogens is 462 g/mol. The molecule has 0 saturated carbocycles. The van der Waals surface area contributed by atoms with Crippen LogP contribution < -0.4 is 4.90 Å². The molecule has 0 radical (unpaired) electrons. The smallest absolute Gasteiger partial charge is 0.259 e. The van der Waals surface area contributed by atoms with Crippen molar-refractivity contribution in [2.45, 2.75) is 6.92 Å². The molecule has 1 amide bonds. The predicted octanol–water partition coefficient (Wildman–Crippen LogP) is 4.49. The summed E-state index contributed by atoms with van der Waals surface area (Å²) in [4.78, 5) is 21.4. The van der Waals surface area contributed by atoms with E-state index in [1.165, 1.54) is 11.0 Å². The Labute approximate surface area is 205 Å². The Morgan fingerprint density at radius 1 is 0.861 bits per heavy atom. The van der Waals surface area contributed by atoms with Crippen LogP contribution >= 0.6 is 0 Å². The molecule has 9 heteroatoms. The molecule has 0 bridgehead atoms. The lowest BCUT2D eigenvalue weighted by molar-refractivity contribution is 0.0736. The van der Waals surface area contributed by atoms with Gasteiger partial charge in [0.15, 0.2) is 11.5 Å². The maximum Gasteiger partial charge on any atom is 0.259 e. The Hall–Kier alpha value is -4.40. The van der Waals surface area contributed by atoms with E-state index in [-0.39, 0.29) is 0 Å². The van der Waals surface area contributed by atoms with Crippen LogP contribution in [0.2, 0.25) is 0 Å². The molecule has 0 aliphatic carbocycles. The zero-order chi connectivity index (χ0) is 24.8. The summed E-state index contributed by atoms with van der Waals surface area (Å²) in [5.74, 6) is -1.02. The Bertz CT molecular complexity index is 1600. The summed E-state index contributed by atoms with van der Waals surface area (Å²) >= 11 is 0. The third-order valence-electron chi connectivity index (χ3n) is 6.53. The third-order valence-corrected chi connectivity index (χ3v) is 6.53. The summed E-state index contributed by atoms with van der Waals surface area (Å²) in [5, 5.41) is 9.91. The van der Waals surface area contributed by atoms with Gasteiger partial charge in [-0.1, -0.05) is 42.0 Å². The highest BCUT2D eigenvalue weighted by Gasteiger charge is 2.29. The van der Waals surface area contributed by atoms with Crippen LogP contribution in [-0.4, -0.2) is 56.6 Å². The van der Waals surface area contributed by atoms with Crippen LogP contribution in [0.5, 0.6) is 0 Å². The van der Waals surface area contributed by atoms with Gasteiger partial charge in [0.25, 0.3) is 5.91 Å². The van der Waals surface area contributed by atoms with Crippen LogP contribution in [0.15, 0.2) is 66.7 Å². The van der Waals surface area contributed by atoms with Gasteiger partial charge in [-0.05, 0) is 37.3 Å². The van der Waals surface area contributed by atoms with Crippen LogP contribution in [0.3, 0.4) is 0 Å². The minimum atomic E-state index is -0.854. The van der Waals surface area contributed by atoms with E-state index in [9.17, 15) is 13.6 Å². The van der Waals surface area contributed by atoms with E-state index < -0.39 is 23.1 Å². The molecule has 7 nitrogen and oxygen atoms in total. The van der Waals surface area contributed by atoms with Gasteiger partial charge in [0, 0.05) is 37.1 Å². The maximum atomic E-state index is 14.2. The van der Waals surface area contributed by atoms with E-state index in [0.717, 1.165) is 34.2 Å². The molecule has 0 unspecified atom stereocenters. The van der Waals surface area contributed by atoms with E-state index >= 15 is 0 Å². The van der Waals surface area contributed by atoms with Crippen molar-refractivity contribution >= 4 is 28.4 Å². The molecule has 0 N–H and O–H groups in total. The number of para-hydroxylation sites is 1. The van der Waals surface area contributed by atoms with E-state index in [2.05, 4.69) is 21.2 Å². The Balaban J connectivity index is 1.39. The SMILES string of the molecule is Cc1cccc(-c2nnc3c4ccccc4nc(N4CCN(C(=O)c5c(F)cccc5F)CC4)n23)c1. The first-order valence-corrected chi connectivity index (χ1v) is 11.7. The zero-order valence-corrected chi connectivity index (χ0v) is 19.5. The molecule has 6 rings (SSSR count). The molecule has 0 spiro atoms. The van der Waals surface area contributed by atoms with Gasteiger partial charge in [-0.2, -0.15) is 0 Å². The number of benzene rings is 3. The average Bonchev–Trinajstić information content (AvgIpc) is 3.34. The number of halogens is 2. The molecule has 180 valence electrons. The fourth-order valence-corrected chi connectivity index (χ4v) is 4.72. The summed E-state index contributed by atoms with van der Waals surface area (Å²) in [7, 11) is 0. The standard InChI is InChI=1S/C27H22F2N6O/c1-17-6-4-7-18(16-17)24-31-32-25-19-8-2-3-11-22(19)30-27(35(24)25)34-14-12-33(13-15-34)26(36)23-20(28)9-5-10-21(23)29/h2-11,16H,12-15H2,1H3. The first-order valence-electron chi connectivity index (χ1n) is 11.7. The Morgan fingerprint density at radius 2 is 1.58 bits per heavy atom. The Morgan fingerprint density at radius 3 is 2.33 bits per heavy atom. The maximum absolute atomic E-state index is 14.2. The van der Waals surface area contributed by atoms with E-state index in [1.54, 1.807) is 0 Å². The number of hydrogen-bond acceptors (Lipinski definition) is 5. The highest BCUT2D eigenvalue weighted by atomic mass is 19.1. The van der Waals surface area contributed by atoms with Gasteiger partial charge in [-0.15, -0.1) is 10.2 Å². The lowest BCUT2D eigenvalue weighted by Crippen LogP contribution is -2.49. The fourth-order valence-electron chi connectivity index (χ4n) is 4.72. The number of carbonyl (C=O) groups excluding carboxylic acids is 1. The van der Waals surface area contributed by atoms with Crippen LogP contribution in [0, 0.1) is 18.6 Å². The molecule has 1 saturated heterocycles. The number of rotatable bonds is 3. The highest BCUT2D eigenvalue weighted by Crippen LogP contribution is 2.29. The lowest BCUT2D eigenvalue weighted by Gasteiger charge is -2.35. The summed E-state index contributed by atoms with van der Waals surface area (Å²) in [6.07, 6.45) is 0. The van der Waals surface area contributed by atoms with Crippen molar-refractivity contribution in [2.24, 2.45) is 0 Å². The number of amides is 1. The van der Waals surface area contributed by atoms with Crippen LogP contribution in [-0.2, 0) is 0 Å². The minimum Gasteiger partial charge on any atom is -0.338 e. The number of fused-ring (bicyclic) bond motifs is 3. The van der Waals surface area contributed by atoms with Crippen LogP contribution in [0.25, 0.3) is 27.9 Å². The van der Waals surface area contributed by atoms with E-state index in [4.69, 9.17) is 4.98 Å². The van der Waals surface area contributed by atoms with Crippen molar-refractivity contribution in [3.05, 3.63) is 89.5 Å². The van der Waals surface area contributed by atoms with Crippen LogP contribution in [0.4, 0.5) is 14.7 Å². The zero-order valence-electron chi connectivity index (χ0n) is 19.5. The second-order valence-corrected chi connectivity index (χ2v) is 8.86. The first-order chi connectivity index (χ1) is 17.5. The van der Waals surface area contributed by atoms with Gasteiger partial charge in [-0.3, -0.25) is 4.79 Å². The average molecular weight is 485 g/mol. The largest absolute Gasteiger partial charge is 0.338 e. The molecule has 3 heterocycles. The molecule has 2 aromatic heterocycles. The van der Waals surface area contributed by atoms with Crippen molar-refractivity contribution < 1.29 is 13.6 Å². The molecule has 0 atom stereocenters. The van der Waals surface area contributed by atoms with Crippen molar-refractivity contribution in [3.63, 3.8) is 0 Å². The van der Waals surface area contributed by atoms with Gasteiger partial charge >= 0.3 is 0 Å². The molecule has 5 aromatic rings. The second kappa shape index (κ2) is 8.67. The van der Waals surface area contributed by atoms with Crippen molar-refractivity contribution in [3.8, 4) is 11.4 Å². The molecular formula is C27H22F2N6O. The number of anilines is 1. The van der Waals surface area contributed by atoms with Gasteiger partial charge in [0.1, 0.15) is 17.2 Å². The number of aryl methyl sites for hydroxylation is 1. The van der Waals surface area contributed by atoms with Crippen LogP contribution in [0.1, 0.15) is 15.9 Å². The number of piperazine rings is 1. The lowest BCUT2D eigenvalue weighted by atomic mass is 10.1. The number of carbonyl (C=O) groups is 1. The number of aromatic nitrogens is 4. The monoisotopic (exact) mass is 484 g/mol. The molecule has 36 heavy (non-hydrogen) atoms. The molecule has 3 aromatic carbocycles. The summed E-state index contributed by atoms with van der Waals surface area (Å²) in [6.45, 7) is 3.49. The molecule has 1 aliphatic heterocycles. The number of nitrogens with zero attached hydrogens (tertiary/aromatic N) is 6. The minimum absolute atomic E-state index is 0.296. The van der Waals surface area contributed by atoms with Gasteiger partial charge in [-0.25, -0.2) is 18.2 Å². The second-order valence-electron chi connectivity index (χ2n) is 8.86. The molecule has 1 fully saturated rings. The van der Waals surface area contributed by atoms with Crippen molar-refractivity contribution in [2.75, 3.05) is 31.1 Å². The molecule has 1 aliphatic rings. The summed E-state index contributed by atoms with van der Waals surface area (Å²) in [6, 6.07) is 19.3. The normalized spacial score (nSPS) is 14.1. The van der Waals surface area contributed by atoms with E-state index in [0.29, 0.717) is 43.6 Å². The fraction of sp³-hybridized carbons (Fsp3) is 0.185. The van der Waals surface area contributed by atoms with E-state index in [1.807, 2.05) is 53.8 Å². The topological polar surface area (TPSA) is 66.6 Å². The predicted molar refractivity (Wildman–Crippen MR) is 133 cm³/mol. The quantitative estimate of drug-likeness (QED) is 0.378. The van der Waals surface area contributed by atoms with Gasteiger partial charge in [0.2, 0.25) is 5.95 Å². The van der Waals surface area contributed by atoms with Crippen molar-refractivity contribution in [1.82, 2.24) is 24.5 Å². The summed E-state index contributed by atoms with van der Waals surface area (Å²) in [5.41, 5.74) is 2.99. The number of hydrogen-bond donors (Lipinski definition) is 0. The Kier molecular flexibility index (Phi) is 5.32. The van der Waals surface area contributed by atoms with Gasteiger partial charge < -0.3 is 9.80 Å². The highest BCUT2D eigenvalue weighted by molar-refractivity contribution is 5.95. The van der Waals surface area contributed by atoms with Crippen molar-refractivity contribution in [1.29, 1.82) is 0 Å². The first kappa shape index (κ1) is 22.1. The van der Waals surface area contributed by atoms with Gasteiger partial charge in [0.05, 0.1) is 5.52 Å². The third kappa shape index (κ3) is 3.64.